The second kappa shape index (κ2) is 21.0. The van der Waals surface area contributed by atoms with Crippen LogP contribution < -0.4 is 0 Å². The number of halogens is 1. The summed E-state index contributed by atoms with van der Waals surface area (Å²) in [5, 5.41) is 0. The molecule has 0 heterocycles. The van der Waals surface area contributed by atoms with Crippen molar-refractivity contribution in [3.63, 3.8) is 0 Å². The van der Waals surface area contributed by atoms with E-state index in [0.717, 1.165) is 0 Å². The topological polar surface area (TPSA) is 0 Å². The molecule has 0 nitrogen and oxygen atoms in total. The summed E-state index contributed by atoms with van der Waals surface area (Å²) in [6.45, 7) is 5.36. The van der Waals surface area contributed by atoms with Gasteiger partial charge in [0.15, 0.2) is 0 Å². The third-order valence-corrected chi connectivity index (χ3v) is 1.35. The van der Waals surface area contributed by atoms with E-state index < -0.39 is 0 Å². The van der Waals surface area contributed by atoms with Crippen molar-refractivity contribution in [1.29, 1.82) is 0 Å². The van der Waals surface area contributed by atoms with Crippen molar-refractivity contribution in [3.05, 3.63) is 83.3 Å². The van der Waals surface area contributed by atoms with Gasteiger partial charge >= 0.3 is 28.7 Å². The predicted molar refractivity (Wildman–Crippen MR) is 69.0 cm³/mol. The van der Waals surface area contributed by atoms with Crippen molar-refractivity contribution < 1.29 is 19.4 Å². The summed E-state index contributed by atoms with van der Waals surface area (Å²) in [7, 11) is 4.64. The van der Waals surface area contributed by atoms with E-state index in [2.05, 4.69) is 16.2 Å². The van der Waals surface area contributed by atoms with Crippen LogP contribution in [0.2, 0.25) is 0 Å². The first kappa shape index (κ1) is 19.0. The molecule has 2 rings (SSSR count). The number of hydrogen-bond acceptors (Lipinski definition) is 0. The van der Waals surface area contributed by atoms with Crippen LogP contribution in [-0.4, -0.2) is 0 Å². The van der Waals surface area contributed by atoms with E-state index in [-0.39, 0.29) is 0 Å². The van der Waals surface area contributed by atoms with Gasteiger partial charge in [-0.25, -0.2) is 19.1 Å². The Bertz CT molecular complexity index is 86.7. The maximum atomic E-state index is 4.64. The van der Waals surface area contributed by atoms with Gasteiger partial charge < -0.3 is 0 Å². The number of rotatable bonds is 0. The van der Waals surface area contributed by atoms with Gasteiger partial charge in [-0.05, 0) is 64.2 Å². The van der Waals surface area contributed by atoms with Crippen molar-refractivity contribution in [2.45, 2.75) is 6.92 Å². The molecule has 0 spiro atoms. The van der Waals surface area contributed by atoms with Gasteiger partial charge in [0.2, 0.25) is 0 Å². The van der Waals surface area contributed by atoms with E-state index >= 15 is 0 Å². The molecule has 2 fully saturated rings. The predicted octanol–water partition coefficient (Wildman–Crippen LogP) is 4.13. The van der Waals surface area contributed by atoms with Gasteiger partial charge in [-0.15, -0.1) is 6.92 Å². The Balaban J connectivity index is 0. The molecular formula is C14H17ClTi. The van der Waals surface area contributed by atoms with E-state index in [1.807, 2.05) is 77.2 Å². The summed E-state index contributed by atoms with van der Waals surface area (Å²) in [6.07, 6.45) is 23.6. The van der Waals surface area contributed by atoms with Crippen LogP contribution >= 0.6 is 9.30 Å². The van der Waals surface area contributed by atoms with Crippen LogP contribution in [-0.2, 0) is 19.4 Å². The molecule has 0 atom stereocenters. The van der Waals surface area contributed by atoms with Gasteiger partial charge in [0, 0.05) is 0 Å². The molecule has 2 aliphatic rings. The molecule has 0 unspecified atom stereocenters. The SMILES string of the molecule is [CH2-]/C=C/C.[CH]1[CH][CH][CH][CH]1.[CH]1[CH][CH][CH][CH]1.[Cl][Ti+]. The Labute approximate surface area is 119 Å². The van der Waals surface area contributed by atoms with E-state index in [1.165, 1.54) is 19.4 Å². The van der Waals surface area contributed by atoms with Crippen molar-refractivity contribution in [3.8, 4) is 0 Å². The Morgan fingerprint density at radius 3 is 0.938 bits per heavy atom. The maximum absolute atomic E-state index is 4.64. The summed E-state index contributed by atoms with van der Waals surface area (Å²) >= 11 is 1.47. The molecule has 2 saturated carbocycles. The molecule has 0 aromatic carbocycles. The summed E-state index contributed by atoms with van der Waals surface area (Å²) < 4.78 is 0. The van der Waals surface area contributed by atoms with E-state index in [0.29, 0.717) is 0 Å². The summed E-state index contributed by atoms with van der Waals surface area (Å²) in [5.41, 5.74) is 0. The second-order valence-electron chi connectivity index (χ2n) is 2.49. The molecular weight excluding hydrogens is 251 g/mol. The van der Waals surface area contributed by atoms with Gasteiger partial charge in [0.25, 0.3) is 0 Å². The van der Waals surface area contributed by atoms with Crippen LogP contribution in [0.5, 0.6) is 0 Å². The summed E-state index contributed by atoms with van der Waals surface area (Å²) in [5.74, 6) is 0. The fourth-order valence-corrected chi connectivity index (χ4v) is 0.642. The molecule has 2 heteroatoms. The van der Waals surface area contributed by atoms with Gasteiger partial charge in [-0.1, -0.05) is 0 Å². The molecule has 0 saturated heterocycles. The molecule has 0 N–H and O–H groups in total. The average molecular weight is 269 g/mol. The monoisotopic (exact) mass is 268 g/mol. The molecule has 0 bridgehead atoms. The van der Waals surface area contributed by atoms with Gasteiger partial charge in [0.1, 0.15) is 0 Å². The second-order valence-corrected chi connectivity index (χ2v) is 2.49. The van der Waals surface area contributed by atoms with Crippen LogP contribution in [0.3, 0.4) is 0 Å². The molecule has 10 radical (unpaired) electrons. The Morgan fingerprint density at radius 1 is 0.750 bits per heavy atom. The quantitative estimate of drug-likeness (QED) is 0.458. The van der Waals surface area contributed by atoms with Crippen LogP contribution in [0, 0.1) is 71.1 Å². The van der Waals surface area contributed by atoms with Crippen LogP contribution in [0.15, 0.2) is 12.2 Å². The Morgan fingerprint density at radius 2 is 0.875 bits per heavy atom. The first-order valence-electron chi connectivity index (χ1n) is 4.84. The minimum absolute atomic E-state index is 1.47. The third kappa shape index (κ3) is 20.1. The third-order valence-electron chi connectivity index (χ3n) is 1.35. The normalized spacial score (nSPS) is 17.6. The molecule has 0 amide bonds. The molecule has 84 valence electrons. The average Bonchev–Trinajstić information content (AvgIpc) is 3.07. The van der Waals surface area contributed by atoms with E-state index in [4.69, 9.17) is 0 Å². The van der Waals surface area contributed by atoms with Gasteiger partial charge in [-0.2, -0.15) is 0 Å². The zero-order valence-electron chi connectivity index (χ0n) is 9.51. The fraction of sp³-hybridized carbons (Fsp3) is 0.0714. The van der Waals surface area contributed by atoms with E-state index in [1.54, 1.807) is 6.08 Å². The first-order chi connectivity index (χ1) is 7.91. The molecule has 2 aliphatic carbocycles. The van der Waals surface area contributed by atoms with Gasteiger partial charge in [0.05, 0.1) is 0 Å². The summed E-state index contributed by atoms with van der Waals surface area (Å²) in [4.78, 5) is 0. The fourth-order valence-electron chi connectivity index (χ4n) is 0.642. The minimum atomic E-state index is 1.47. The van der Waals surface area contributed by atoms with Gasteiger partial charge in [-0.3, -0.25) is 0 Å². The zero-order chi connectivity index (χ0) is 12.5. The van der Waals surface area contributed by atoms with Crippen molar-refractivity contribution in [2.24, 2.45) is 0 Å². The number of hydrogen-bond donors (Lipinski definition) is 0. The molecule has 0 aliphatic heterocycles. The number of allylic oxidation sites excluding steroid dienone is 2. The van der Waals surface area contributed by atoms with Crippen molar-refractivity contribution >= 4 is 9.30 Å². The van der Waals surface area contributed by atoms with Crippen molar-refractivity contribution in [1.82, 2.24) is 0 Å². The molecule has 0 aromatic rings. The van der Waals surface area contributed by atoms with Crippen LogP contribution in [0.1, 0.15) is 6.92 Å². The first-order valence-corrected chi connectivity index (χ1v) is 6.99. The van der Waals surface area contributed by atoms with E-state index in [9.17, 15) is 0 Å². The van der Waals surface area contributed by atoms with Crippen LogP contribution in [0.4, 0.5) is 0 Å². The Kier molecular flexibility index (Phi) is 24.8. The zero-order valence-corrected chi connectivity index (χ0v) is 11.8. The van der Waals surface area contributed by atoms with Crippen molar-refractivity contribution in [2.75, 3.05) is 0 Å². The molecule has 0 aromatic heterocycles. The van der Waals surface area contributed by atoms with Crippen LogP contribution in [0.25, 0.3) is 0 Å². The standard InChI is InChI=1S/2C5H5.C4H7.ClH.Ti/c2*1-2-4-5-3-1;1-3-4-2;;/h2*1-5H;3-4H,1H2,2H3;1H;/q;;-1;;+2/p-1/b;;4-3+;;. The molecule has 16 heavy (non-hydrogen) atoms. The Hall–Kier alpha value is 0.614. The summed E-state index contributed by atoms with van der Waals surface area (Å²) in [6, 6.07) is 0.